The van der Waals surface area contributed by atoms with Crippen molar-refractivity contribution in [2.45, 2.75) is 26.8 Å². The third kappa shape index (κ3) is 5.29. The second-order valence-corrected chi connectivity index (χ2v) is 4.12. The van der Waals surface area contributed by atoms with Crippen LogP contribution in [0.4, 0.5) is 0 Å². The summed E-state index contributed by atoms with van der Waals surface area (Å²) >= 11 is 0. The molecule has 1 aromatic carbocycles. The summed E-state index contributed by atoms with van der Waals surface area (Å²) < 4.78 is 0. The lowest BCUT2D eigenvalue weighted by Gasteiger charge is -2.21. The van der Waals surface area contributed by atoms with Gasteiger partial charge in [0.05, 0.1) is 0 Å². The molecule has 90 valence electrons. The van der Waals surface area contributed by atoms with Gasteiger partial charge in [-0.05, 0) is 25.1 Å². The number of hydrogen-bond acceptors (Lipinski definition) is 2. The molecular formula is C14H24N2. The first kappa shape index (κ1) is 13.2. The molecule has 16 heavy (non-hydrogen) atoms. The first-order chi connectivity index (χ1) is 7.86. The Kier molecular flexibility index (Phi) is 6.86. The summed E-state index contributed by atoms with van der Waals surface area (Å²) in [5.74, 6) is 0. The molecule has 2 heteroatoms. The van der Waals surface area contributed by atoms with Crippen molar-refractivity contribution in [2.24, 2.45) is 0 Å². The Bertz CT molecular complexity index is 259. The average Bonchev–Trinajstić information content (AvgIpc) is 2.31. The van der Waals surface area contributed by atoms with E-state index >= 15 is 0 Å². The highest BCUT2D eigenvalue weighted by Gasteiger charge is 2.03. The molecule has 0 heterocycles. The molecule has 0 unspecified atom stereocenters. The highest BCUT2D eigenvalue weighted by Crippen LogP contribution is 2.04. The maximum absolute atomic E-state index is 3.38. The van der Waals surface area contributed by atoms with Crippen LogP contribution in [0, 0.1) is 0 Å². The fraction of sp³-hybridized carbons (Fsp3) is 0.571. The molecule has 2 nitrogen and oxygen atoms in total. The summed E-state index contributed by atoms with van der Waals surface area (Å²) in [7, 11) is 0. The predicted molar refractivity (Wildman–Crippen MR) is 70.6 cm³/mol. The zero-order chi connectivity index (χ0) is 11.6. The van der Waals surface area contributed by atoms with Crippen molar-refractivity contribution in [3.05, 3.63) is 35.9 Å². The normalized spacial score (nSPS) is 10.9. The fourth-order valence-corrected chi connectivity index (χ4v) is 1.84. The molecule has 0 bridgehead atoms. The van der Waals surface area contributed by atoms with Crippen molar-refractivity contribution in [1.82, 2.24) is 10.2 Å². The van der Waals surface area contributed by atoms with E-state index in [1.54, 1.807) is 0 Å². The van der Waals surface area contributed by atoms with Crippen LogP contribution >= 0.6 is 0 Å². The minimum Gasteiger partial charge on any atom is -0.316 e. The average molecular weight is 220 g/mol. The summed E-state index contributed by atoms with van der Waals surface area (Å²) in [6.45, 7) is 9.93. The summed E-state index contributed by atoms with van der Waals surface area (Å²) in [5.41, 5.74) is 1.41. The van der Waals surface area contributed by atoms with Gasteiger partial charge in [-0.3, -0.25) is 4.90 Å². The van der Waals surface area contributed by atoms with Crippen LogP contribution in [-0.4, -0.2) is 31.1 Å². The van der Waals surface area contributed by atoms with E-state index in [1.165, 1.54) is 18.5 Å². The highest BCUT2D eigenvalue weighted by molar-refractivity contribution is 5.14. The van der Waals surface area contributed by atoms with Crippen LogP contribution in [0.5, 0.6) is 0 Å². The maximum Gasteiger partial charge on any atom is 0.0234 e. The standard InChI is InChI=1S/C14H24N2/c1-3-11-16(12-10-15-4-2)13-14-8-6-5-7-9-14/h5-9,15H,3-4,10-13H2,1-2H3. The van der Waals surface area contributed by atoms with Crippen LogP contribution in [-0.2, 0) is 6.54 Å². The smallest absolute Gasteiger partial charge is 0.0234 e. The van der Waals surface area contributed by atoms with Crippen molar-refractivity contribution in [3.63, 3.8) is 0 Å². The van der Waals surface area contributed by atoms with Crippen molar-refractivity contribution >= 4 is 0 Å². The van der Waals surface area contributed by atoms with Gasteiger partial charge in [-0.2, -0.15) is 0 Å². The molecule has 0 aliphatic heterocycles. The molecule has 0 fully saturated rings. The van der Waals surface area contributed by atoms with Crippen LogP contribution in [0.15, 0.2) is 30.3 Å². The molecule has 0 saturated heterocycles. The van der Waals surface area contributed by atoms with E-state index in [0.717, 1.165) is 26.2 Å². The van der Waals surface area contributed by atoms with Gasteiger partial charge in [0.15, 0.2) is 0 Å². The van der Waals surface area contributed by atoms with E-state index in [4.69, 9.17) is 0 Å². The first-order valence-electron chi connectivity index (χ1n) is 6.33. The van der Waals surface area contributed by atoms with Gasteiger partial charge in [0.2, 0.25) is 0 Å². The Morgan fingerprint density at radius 3 is 2.44 bits per heavy atom. The van der Waals surface area contributed by atoms with Crippen molar-refractivity contribution < 1.29 is 0 Å². The zero-order valence-corrected chi connectivity index (χ0v) is 10.6. The molecule has 0 amide bonds. The zero-order valence-electron chi connectivity index (χ0n) is 10.6. The van der Waals surface area contributed by atoms with Crippen LogP contribution in [0.2, 0.25) is 0 Å². The predicted octanol–water partition coefficient (Wildman–Crippen LogP) is 2.51. The lowest BCUT2D eigenvalue weighted by molar-refractivity contribution is 0.266. The second kappa shape index (κ2) is 8.31. The third-order valence-corrected chi connectivity index (χ3v) is 2.64. The summed E-state index contributed by atoms with van der Waals surface area (Å²) in [4.78, 5) is 2.51. The van der Waals surface area contributed by atoms with Gasteiger partial charge in [0, 0.05) is 19.6 Å². The lowest BCUT2D eigenvalue weighted by atomic mass is 10.2. The van der Waals surface area contributed by atoms with Crippen LogP contribution in [0.3, 0.4) is 0 Å². The van der Waals surface area contributed by atoms with Gasteiger partial charge >= 0.3 is 0 Å². The van der Waals surface area contributed by atoms with E-state index < -0.39 is 0 Å². The summed E-state index contributed by atoms with van der Waals surface area (Å²) in [6.07, 6.45) is 1.22. The molecular weight excluding hydrogens is 196 g/mol. The molecule has 1 aromatic rings. The van der Waals surface area contributed by atoms with Gasteiger partial charge in [0.1, 0.15) is 0 Å². The quantitative estimate of drug-likeness (QED) is 0.677. The highest BCUT2D eigenvalue weighted by atomic mass is 15.1. The van der Waals surface area contributed by atoms with Crippen molar-refractivity contribution in [3.8, 4) is 0 Å². The second-order valence-electron chi connectivity index (χ2n) is 4.12. The lowest BCUT2D eigenvalue weighted by Crippen LogP contribution is -2.32. The largest absolute Gasteiger partial charge is 0.316 e. The molecule has 1 N–H and O–H groups in total. The topological polar surface area (TPSA) is 15.3 Å². The van der Waals surface area contributed by atoms with E-state index in [0.29, 0.717) is 0 Å². The molecule has 0 aromatic heterocycles. The SMILES string of the molecule is CCCN(CCNCC)Cc1ccccc1. The van der Waals surface area contributed by atoms with Crippen LogP contribution in [0.1, 0.15) is 25.8 Å². The summed E-state index contributed by atoms with van der Waals surface area (Å²) in [5, 5.41) is 3.38. The molecule has 0 radical (unpaired) electrons. The van der Waals surface area contributed by atoms with Gasteiger partial charge < -0.3 is 5.32 Å². The van der Waals surface area contributed by atoms with Gasteiger partial charge in [0.25, 0.3) is 0 Å². The summed E-state index contributed by atoms with van der Waals surface area (Å²) in [6, 6.07) is 10.7. The Balaban J connectivity index is 2.38. The maximum atomic E-state index is 3.38. The Hall–Kier alpha value is -0.860. The number of benzene rings is 1. The molecule has 0 saturated carbocycles. The monoisotopic (exact) mass is 220 g/mol. The Morgan fingerprint density at radius 2 is 1.81 bits per heavy atom. The molecule has 1 rings (SSSR count). The number of nitrogens with one attached hydrogen (secondary N) is 1. The number of hydrogen-bond donors (Lipinski definition) is 1. The van der Waals surface area contributed by atoms with E-state index in [2.05, 4.69) is 54.4 Å². The van der Waals surface area contributed by atoms with E-state index in [1.807, 2.05) is 0 Å². The Labute approximate surface area is 99.7 Å². The fourth-order valence-electron chi connectivity index (χ4n) is 1.84. The van der Waals surface area contributed by atoms with E-state index in [9.17, 15) is 0 Å². The van der Waals surface area contributed by atoms with Crippen molar-refractivity contribution in [1.29, 1.82) is 0 Å². The molecule has 0 spiro atoms. The van der Waals surface area contributed by atoms with Gasteiger partial charge in [-0.1, -0.05) is 44.2 Å². The number of rotatable bonds is 8. The van der Waals surface area contributed by atoms with Crippen LogP contribution < -0.4 is 5.32 Å². The first-order valence-corrected chi connectivity index (χ1v) is 6.33. The Morgan fingerprint density at radius 1 is 1.06 bits per heavy atom. The molecule has 0 aliphatic carbocycles. The molecule has 0 aliphatic rings. The van der Waals surface area contributed by atoms with Crippen LogP contribution in [0.25, 0.3) is 0 Å². The minimum atomic E-state index is 1.06. The minimum absolute atomic E-state index is 1.06. The van der Waals surface area contributed by atoms with E-state index in [-0.39, 0.29) is 0 Å². The number of likely N-dealkylation sites (N-methyl/N-ethyl adjacent to an activating group) is 1. The van der Waals surface area contributed by atoms with Gasteiger partial charge in [-0.25, -0.2) is 0 Å². The van der Waals surface area contributed by atoms with Crippen molar-refractivity contribution in [2.75, 3.05) is 26.2 Å². The van der Waals surface area contributed by atoms with Gasteiger partial charge in [-0.15, -0.1) is 0 Å². The third-order valence-electron chi connectivity index (χ3n) is 2.64. The molecule has 0 atom stereocenters. The number of nitrogens with zero attached hydrogens (tertiary/aromatic N) is 1.